The van der Waals surface area contributed by atoms with E-state index in [0.29, 0.717) is 23.3 Å². The Balaban J connectivity index is 1.27. The lowest BCUT2D eigenvalue weighted by Crippen LogP contribution is -2.48. The van der Waals surface area contributed by atoms with Crippen LogP contribution in [0.15, 0.2) is 18.5 Å². The van der Waals surface area contributed by atoms with Gasteiger partial charge in [0.25, 0.3) is 5.91 Å². The maximum atomic E-state index is 13.7. The molecular weight excluding hydrogens is 439 g/mol. The lowest BCUT2D eigenvalue weighted by atomic mass is 9.92. The van der Waals surface area contributed by atoms with Gasteiger partial charge < -0.3 is 10.2 Å². The Morgan fingerprint density at radius 2 is 1.97 bits per heavy atom. The first-order valence-corrected chi connectivity index (χ1v) is 11.9. The second kappa shape index (κ2) is 10.6. The maximum absolute atomic E-state index is 13.7. The van der Waals surface area contributed by atoms with E-state index in [1.165, 1.54) is 17.5 Å². The van der Waals surface area contributed by atoms with E-state index in [-0.39, 0.29) is 24.8 Å². The Bertz CT molecular complexity index is 917. The summed E-state index contributed by atoms with van der Waals surface area (Å²) >= 11 is 1.31. The molecule has 2 saturated heterocycles. The predicted molar refractivity (Wildman–Crippen MR) is 118 cm³/mol. The normalized spacial score (nSPS) is 20.5. The summed E-state index contributed by atoms with van der Waals surface area (Å²) in [5, 5.41) is 3.41. The summed E-state index contributed by atoms with van der Waals surface area (Å²) < 4.78 is 39.4. The molecule has 4 rings (SSSR count). The van der Waals surface area contributed by atoms with Gasteiger partial charge in [0.1, 0.15) is 16.5 Å². The first-order valence-electron chi connectivity index (χ1n) is 11.1. The number of hydrogen-bond acceptors (Lipinski definition) is 6. The van der Waals surface area contributed by atoms with E-state index in [4.69, 9.17) is 0 Å². The minimum absolute atomic E-state index is 0.0157. The van der Waals surface area contributed by atoms with Gasteiger partial charge in [-0.25, -0.2) is 13.8 Å². The van der Waals surface area contributed by atoms with Crippen LogP contribution >= 0.6 is 11.3 Å². The Labute approximate surface area is 189 Å². The second-order valence-corrected chi connectivity index (χ2v) is 9.48. The fourth-order valence-corrected chi connectivity index (χ4v) is 5.47. The third-order valence-electron chi connectivity index (χ3n) is 6.34. The van der Waals surface area contributed by atoms with Crippen molar-refractivity contribution < 1.29 is 18.0 Å². The molecule has 1 amide bonds. The highest BCUT2D eigenvalue weighted by molar-refractivity contribution is 7.17. The number of pyridine rings is 1. The lowest BCUT2D eigenvalue weighted by molar-refractivity contribution is 0.0954. The van der Waals surface area contributed by atoms with Gasteiger partial charge >= 0.3 is 0 Å². The van der Waals surface area contributed by atoms with Crippen LogP contribution in [0, 0.1) is 17.6 Å². The maximum Gasteiger partial charge on any atom is 0.263 e. The van der Waals surface area contributed by atoms with Crippen molar-refractivity contribution in [2.24, 2.45) is 5.92 Å². The van der Waals surface area contributed by atoms with E-state index in [0.717, 1.165) is 69.3 Å². The zero-order valence-corrected chi connectivity index (χ0v) is 18.7. The largest absolute Gasteiger partial charge is 0.348 e. The topological polar surface area (TPSA) is 61.4 Å². The zero-order valence-electron chi connectivity index (χ0n) is 17.9. The number of halogens is 3. The minimum atomic E-state index is -0.789. The number of nitrogens with one attached hydrogen (secondary N) is 1. The number of anilines is 1. The summed E-state index contributed by atoms with van der Waals surface area (Å²) in [4.78, 5) is 25.7. The molecule has 0 spiro atoms. The highest BCUT2D eigenvalue weighted by atomic mass is 32.1. The summed E-state index contributed by atoms with van der Waals surface area (Å²) in [6, 6.07) is 1.27. The van der Waals surface area contributed by atoms with E-state index in [1.807, 2.05) is 0 Å². The molecule has 0 radical (unpaired) electrons. The third kappa shape index (κ3) is 5.58. The number of nitrogens with zero attached hydrogens (tertiary/aromatic N) is 4. The van der Waals surface area contributed by atoms with E-state index in [1.54, 1.807) is 0 Å². The average Bonchev–Trinajstić information content (AvgIpc) is 3.29. The molecule has 4 heterocycles. The summed E-state index contributed by atoms with van der Waals surface area (Å²) in [6.07, 6.45) is 7.45. The Kier molecular flexibility index (Phi) is 7.62. The molecule has 2 aromatic heterocycles. The zero-order chi connectivity index (χ0) is 22.5. The molecule has 1 unspecified atom stereocenters. The van der Waals surface area contributed by atoms with Crippen molar-refractivity contribution in [1.82, 2.24) is 20.2 Å². The molecule has 2 aliphatic heterocycles. The number of carbonyl (C=O) groups is 1. The summed E-state index contributed by atoms with van der Waals surface area (Å²) in [6.45, 7) is 3.48. The first-order chi connectivity index (χ1) is 15.5. The van der Waals surface area contributed by atoms with Gasteiger partial charge in [0.2, 0.25) is 0 Å². The molecule has 0 aromatic carbocycles. The van der Waals surface area contributed by atoms with Crippen molar-refractivity contribution in [2.45, 2.75) is 44.7 Å². The van der Waals surface area contributed by atoms with Crippen molar-refractivity contribution in [1.29, 1.82) is 0 Å². The Hall–Kier alpha value is -2.20. The van der Waals surface area contributed by atoms with E-state index < -0.39 is 11.6 Å². The van der Waals surface area contributed by atoms with Crippen LogP contribution in [0.5, 0.6) is 0 Å². The molecular formula is C22H28F3N5OS. The van der Waals surface area contributed by atoms with Gasteiger partial charge in [-0.15, -0.1) is 0 Å². The first kappa shape index (κ1) is 23.0. The number of thiazole rings is 1. The van der Waals surface area contributed by atoms with Crippen LogP contribution in [0.1, 0.15) is 47.5 Å². The molecule has 2 aromatic rings. The molecule has 1 N–H and O–H groups in total. The molecule has 6 nitrogen and oxygen atoms in total. The highest BCUT2D eigenvalue weighted by Crippen LogP contribution is 2.29. The molecule has 0 aliphatic carbocycles. The number of amides is 1. The number of hydrogen-bond donors (Lipinski definition) is 1. The van der Waals surface area contributed by atoms with Crippen LogP contribution in [-0.4, -0.2) is 59.7 Å². The highest BCUT2D eigenvalue weighted by Gasteiger charge is 2.29. The van der Waals surface area contributed by atoms with Gasteiger partial charge in [-0.1, -0.05) is 11.3 Å². The van der Waals surface area contributed by atoms with Crippen LogP contribution in [0.3, 0.4) is 0 Å². The van der Waals surface area contributed by atoms with Gasteiger partial charge in [-0.3, -0.25) is 19.1 Å². The van der Waals surface area contributed by atoms with Crippen LogP contribution in [-0.2, 0) is 6.54 Å². The molecule has 32 heavy (non-hydrogen) atoms. The van der Waals surface area contributed by atoms with E-state index in [9.17, 15) is 18.0 Å². The van der Waals surface area contributed by atoms with Crippen molar-refractivity contribution in [3.8, 4) is 0 Å². The second-order valence-electron chi connectivity index (χ2n) is 8.47. The van der Waals surface area contributed by atoms with Crippen molar-refractivity contribution >= 4 is 22.4 Å². The standard InChI is InChI=1S/C22H28F3N5OS/c23-6-3-15-2-1-7-30(14-15)17-4-8-29(9-5-17)22-28-13-20(32-22)21(31)27-12-19-18(25)10-16(24)11-26-19/h10-11,13,15,17H,1-9,12,14H2,(H,27,31). The van der Waals surface area contributed by atoms with Gasteiger partial charge in [0.05, 0.1) is 31.3 Å². The van der Waals surface area contributed by atoms with Crippen LogP contribution in [0.2, 0.25) is 0 Å². The van der Waals surface area contributed by atoms with E-state index >= 15 is 0 Å². The van der Waals surface area contributed by atoms with Crippen LogP contribution in [0.25, 0.3) is 0 Å². The van der Waals surface area contributed by atoms with Crippen molar-refractivity contribution in [3.05, 3.63) is 40.7 Å². The van der Waals surface area contributed by atoms with Gasteiger partial charge in [0.15, 0.2) is 5.13 Å². The molecule has 10 heteroatoms. The van der Waals surface area contributed by atoms with Gasteiger partial charge in [-0.2, -0.15) is 0 Å². The molecule has 2 aliphatic rings. The molecule has 2 fully saturated rings. The number of rotatable bonds is 7. The molecule has 1 atom stereocenters. The monoisotopic (exact) mass is 467 g/mol. The number of likely N-dealkylation sites (tertiary alicyclic amines) is 1. The van der Waals surface area contributed by atoms with E-state index in [2.05, 4.69) is 25.1 Å². The average molecular weight is 468 g/mol. The Morgan fingerprint density at radius 1 is 1.16 bits per heavy atom. The van der Waals surface area contributed by atoms with Crippen LogP contribution in [0.4, 0.5) is 18.3 Å². The Morgan fingerprint density at radius 3 is 2.72 bits per heavy atom. The smallest absolute Gasteiger partial charge is 0.263 e. The quantitative estimate of drug-likeness (QED) is 0.672. The van der Waals surface area contributed by atoms with Crippen molar-refractivity contribution in [3.63, 3.8) is 0 Å². The van der Waals surface area contributed by atoms with Gasteiger partial charge in [-0.05, 0) is 44.6 Å². The molecule has 0 saturated carbocycles. The number of carbonyl (C=O) groups excluding carboxylic acids is 1. The van der Waals surface area contributed by atoms with Crippen LogP contribution < -0.4 is 10.2 Å². The summed E-state index contributed by atoms with van der Waals surface area (Å²) in [5.74, 6) is -1.43. The number of piperidine rings is 2. The SMILES string of the molecule is O=C(NCc1ncc(F)cc1F)c1cnc(N2CCC(N3CCCC(CCF)C3)CC2)s1. The number of alkyl halides is 1. The summed E-state index contributed by atoms with van der Waals surface area (Å²) in [5.41, 5.74) is -0.0157. The minimum Gasteiger partial charge on any atom is -0.348 e. The third-order valence-corrected chi connectivity index (χ3v) is 7.39. The lowest BCUT2D eigenvalue weighted by Gasteiger charge is -2.42. The van der Waals surface area contributed by atoms with Crippen molar-refractivity contribution in [2.75, 3.05) is 37.8 Å². The molecule has 0 bridgehead atoms. The fourth-order valence-electron chi connectivity index (χ4n) is 4.58. The van der Waals surface area contributed by atoms with Gasteiger partial charge in [0, 0.05) is 31.7 Å². The molecule has 174 valence electrons. The fraction of sp³-hybridized carbons (Fsp3) is 0.591. The summed E-state index contributed by atoms with van der Waals surface area (Å²) in [7, 11) is 0. The number of aromatic nitrogens is 2. The predicted octanol–water partition coefficient (Wildman–Crippen LogP) is 3.79.